The number of carbonyl (C=O) groups is 1. The van der Waals surface area contributed by atoms with Crippen LogP contribution in [0.15, 0.2) is 42.5 Å². The van der Waals surface area contributed by atoms with Crippen LogP contribution in [-0.2, 0) is 0 Å². The molecule has 1 aromatic heterocycles. The predicted molar refractivity (Wildman–Crippen MR) is 113 cm³/mol. The van der Waals surface area contributed by atoms with Crippen molar-refractivity contribution in [2.45, 2.75) is 26.3 Å². The van der Waals surface area contributed by atoms with Crippen molar-refractivity contribution in [1.29, 1.82) is 0 Å². The molecule has 2 N–H and O–H groups in total. The van der Waals surface area contributed by atoms with E-state index in [0.29, 0.717) is 24.6 Å². The molecule has 1 atom stereocenters. The highest BCUT2D eigenvalue weighted by Gasteiger charge is 2.42. The number of nitrogens with zero attached hydrogens (tertiary/aromatic N) is 2. The van der Waals surface area contributed by atoms with Gasteiger partial charge in [0.15, 0.2) is 11.5 Å². The standard InChI is InChI=1S/C23H25N3O4/c1-4-12-26-22(15-8-11-17(27)18(13-15)30-5-2)19-20(24-25-21(19)23(26)28)14-6-9-16(29-3)10-7-14/h6-11,13,22,27H,4-5,12H2,1-3H3,(H,24,25)/t22-/m1/s1. The molecule has 1 aliphatic rings. The zero-order chi connectivity index (χ0) is 21.3. The Bertz CT molecular complexity index is 1060. The predicted octanol–water partition coefficient (Wildman–Crippen LogP) is 4.14. The maximum atomic E-state index is 13.1. The molecule has 7 nitrogen and oxygen atoms in total. The van der Waals surface area contributed by atoms with Gasteiger partial charge < -0.3 is 19.5 Å². The number of nitrogens with one attached hydrogen (secondary N) is 1. The van der Waals surface area contributed by atoms with Crippen LogP contribution in [0.25, 0.3) is 11.3 Å². The molecule has 3 aromatic rings. The summed E-state index contributed by atoms with van der Waals surface area (Å²) in [6.45, 7) is 4.96. The van der Waals surface area contributed by atoms with Crippen molar-refractivity contribution in [1.82, 2.24) is 15.1 Å². The average Bonchev–Trinajstić information content (AvgIpc) is 3.30. The SMILES string of the molecule is CCCN1C(=O)c2[nH]nc(-c3ccc(OC)cc3)c2[C@H]1c1ccc(O)c(OCC)c1. The van der Waals surface area contributed by atoms with Crippen molar-refractivity contribution in [2.24, 2.45) is 0 Å². The summed E-state index contributed by atoms with van der Waals surface area (Å²) in [7, 11) is 1.62. The quantitative estimate of drug-likeness (QED) is 0.614. The van der Waals surface area contributed by atoms with E-state index in [-0.39, 0.29) is 17.7 Å². The number of carbonyl (C=O) groups excluding carboxylic acids is 1. The molecule has 2 aromatic carbocycles. The molecule has 1 aliphatic heterocycles. The van der Waals surface area contributed by atoms with E-state index < -0.39 is 0 Å². The third-order valence-corrected chi connectivity index (χ3v) is 5.29. The van der Waals surface area contributed by atoms with Crippen molar-refractivity contribution in [3.8, 4) is 28.5 Å². The summed E-state index contributed by atoms with van der Waals surface area (Å²) in [5.41, 5.74) is 3.84. The maximum Gasteiger partial charge on any atom is 0.273 e. The molecule has 0 aliphatic carbocycles. The number of aromatic hydroxyl groups is 1. The Morgan fingerprint density at radius 3 is 2.60 bits per heavy atom. The lowest BCUT2D eigenvalue weighted by Crippen LogP contribution is -2.30. The van der Waals surface area contributed by atoms with Crippen molar-refractivity contribution >= 4 is 5.91 Å². The number of hydrogen-bond acceptors (Lipinski definition) is 5. The van der Waals surface area contributed by atoms with Gasteiger partial charge in [-0.25, -0.2) is 0 Å². The molecule has 0 saturated heterocycles. The van der Waals surface area contributed by atoms with Gasteiger partial charge in [-0.2, -0.15) is 5.10 Å². The largest absolute Gasteiger partial charge is 0.504 e. The molecule has 0 unspecified atom stereocenters. The van der Waals surface area contributed by atoms with Crippen LogP contribution in [0.3, 0.4) is 0 Å². The lowest BCUT2D eigenvalue weighted by atomic mass is 9.95. The number of aromatic nitrogens is 2. The number of hydrogen-bond donors (Lipinski definition) is 2. The van der Waals surface area contributed by atoms with Crippen LogP contribution in [0.5, 0.6) is 17.2 Å². The smallest absolute Gasteiger partial charge is 0.273 e. The molecular weight excluding hydrogens is 382 g/mol. The number of rotatable bonds is 7. The number of H-pyrrole nitrogens is 1. The topological polar surface area (TPSA) is 87.7 Å². The Hall–Kier alpha value is -3.48. The fourth-order valence-electron chi connectivity index (χ4n) is 3.96. The molecule has 4 rings (SSSR count). The first-order valence-electron chi connectivity index (χ1n) is 10.1. The van der Waals surface area contributed by atoms with Gasteiger partial charge in [0.2, 0.25) is 0 Å². The van der Waals surface area contributed by atoms with Gasteiger partial charge in [-0.3, -0.25) is 9.89 Å². The number of methoxy groups -OCH3 is 1. The van der Waals surface area contributed by atoms with Gasteiger partial charge in [-0.1, -0.05) is 13.0 Å². The van der Waals surface area contributed by atoms with Crippen LogP contribution in [0.1, 0.15) is 47.9 Å². The second kappa shape index (κ2) is 8.10. The second-order valence-electron chi connectivity index (χ2n) is 7.15. The maximum absolute atomic E-state index is 13.1. The van der Waals surface area contributed by atoms with Gasteiger partial charge in [0.1, 0.15) is 11.4 Å². The molecule has 0 spiro atoms. The van der Waals surface area contributed by atoms with E-state index in [2.05, 4.69) is 10.2 Å². The molecule has 30 heavy (non-hydrogen) atoms. The molecule has 156 valence electrons. The van der Waals surface area contributed by atoms with E-state index in [1.165, 1.54) is 0 Å². The first kappa shape index (κ1) is 19.8. The van der Waals surface area contributed by atoms with E-state index in [4.69, 9.17) is 9.47 Å². The van der Waals surface area contributed by atoms with Gasteiger partial charge in [0, 0.05) is 17.7 Å². The molecule has 0 saturated carbocycles. The lowest BCUT2D eigenvalue weighted by Gasteiger charge is -2.26. The first-order chi connectivity index (χ1) is 14.6. The van der Waals surface area contributed by atoms with Gasteiger partial charge in [-0.15, -0.1) is 0 Å². The average molecular weight is 407 g/mol. The molecule has 0 radical (unpaired) electrons. The van der Waals surface area contributed by atoms with Crippen LogP contribution in [-0.4, -0.2) is 46.4 Å². The van der Waals surface area contributed by atoms with Crippen molar-refractivity contribution in [3.63, 3.8) is 0 Å². The first-order valence-corrected chi connectivity index (χ1v) is 10.1. The van der Waals surface area contributed by atoms with Crippen LogP contribution >= 0.6 is 0 Å². The third-order valence-electron chi connectivity index (χ3n) is 5.29. The van der Waals surface area contributed by atoms with E-state index in [9.17, 15) is 9.90 Å². The normalized spacial score (nSPS) is 15.4. The molecule has 1 amide bonds. The second-order valence-corrected chi connectivity index (χ2v) is 7.15. The minimum absolute atomic E-state index is 0.0739. The number of fused-ring (bicyclic) bond motifs is 1. The van der Waals surface area contributed by atoms with E-state index >= 15 is 0 Å². The highest BCUT2D eigenvalue weighted by atomic mass is 16.5. The summed E-state index contributed by atoms with van der Waals surface area (Å²) in [6.07, 6.45) is 0.828. The van der Waals surface area contributed by atoms with Crippen molar-refractivity contribution < 1.29 is 19.4 Å². The van der Waals surface area contributed by atoms with Crippen LogP contribution < -0.4 is 9.47 Å². The van der Waals surface area contributed by atoms with Crippen LogP contribution in [0.2, 0.25) is 0 Å². The molecular formula is C23H25N3O4. The molecule has 2 heterocycles. The Kier molecular flexibility index (Phi) is 5.35. The van der Waals surface area contributed by atoms with Crippen LogP contribution in [0, 0.1) is 0 Å². The number of ether oxygens (including phenoxy) is 2. The number of aromatic amines is 1. The van der Waals surface area contributed by atoms with Crippen molar-refractivity contribution in [3.05, 3.63) is 59.3 Å². The summed E-state index contributed by atoms with van der Waals surface area (Å²) >= 11 is 0. The Balaban J connectivity index is 1.85. The van der Waals surface area contributed by atoms with Crippen LogP contribution in [0.4, 0.5) is 0 Å². The zero-order valence-electron chi connectivity index (χ0n) is 17.3. The summed E-state index contributed by atoms with van der Waals surface area (Å²) in [4.78, 5) is 15.0. The number of phenolic OH excluding ortho intramolecular Hbond substituents is 1. The zero-order valence-corrected chi connectivity index (χ0v) is 17.3. The van der Waals surface area contributed by atoms with E-state index in [1.807, 2.05) is 49.1 Å². The van der Waals surface area contributed by atoms with Gasteiger partial charge >= 0.3 is 0 Å². The molecule has 7 heteroatoms. The summed E-state index contributed by atoms with van der Waals surface area (Å²) in [5.74, 6) is 1.16. The van der Waals surface area contributed by atoms with E-state index in [1.54, 1.807) is 19.2 Å². The molecule has 0 fully saturated rings. The fraction of sp³-hybridized carbons (Fsp3) is 0.304. The highest BCUT2D eigenvalue weighted by molar-refractivity contribution is 6.00. The van der Waals surface area contributed by atoms with Crippen molar-refractivity contribution in [2.75, 3.05) is 20.3 Å². The van der Waals surface area contributed by atoms with Gasteiger partial charge in [-0.05, 0) is 55.3 Å². The number of phenols is 1. The minimum atomic E-state index is -0.317. The Labute approximate surface area is 175 Å². The molecule has 0 bridgehead atoms. The summed E-state index contributed by atoms with van der Waals surface area (Å²) < 4.78 is 10.8. The van der Waals surface area contributed by atoms with Gasteiger partial charge in [0.25, 0.3) is 5.91 Å². The Morgan fingerprint density at radius 2 is 1.93 bits per heavy atom. The highest BCUT2D eigenvalue weighted by Crippen LogP contribution is 2.44. The summed E-state index contributed by atoms with van der Waals surface area (Å²) in [5, 5.41) is 17.5. The lowest BCUT2D eigenvalue weighted by molar-refractivity contribution is 0.0743. The summed E-state index contributed by atoms with van der Waals surface area (Å²) in [6, 6.07) is 12.5. The van der Waals surface area contributed by atoms with Gasteiger partial charge in [0.05, 0.1) is 25.5 Å². The third kappa shape index (κ3) is 3.26. The monoisotopic (exact) mass is 407 g/mol. The van der Waals surface area contributed by atoms with E-state index in [0.717, 1.165) is 34.6 Å². The Morgan fingerprint density at radius 1 is 1.17 bits per heavy atom. The fourth-order valence-corrected chi connectivity index (χ4v) is 3.96. The number of benzene rings is 2. The number of amides is 1. The minimum Gasteiger partial charge on any atom is -0.504 e.